The molecule has 0 unspecified atom stereocenters. The van der Waals surface area contributed by atoms with Gasteiger partial charge in [0.25, 0.3) is 0 Å². The smallest absolute Gasteiger partial charge is 0.225 e. The average molecular weight is 300 g/mol. The van der Waals surface area contributed by atoms with Crippen LogP contribution >= 0.6 is 15.9 Å². The third-order valence-electron chi connectivity index (χ3n) is 2.32. The highest BCUT2D eigenvalue weighted by Gasteiger charge is 2.08. The highest BCUT2D eigenvalue weighted by Crippen LogP contribution is 2.28. The van der Waals surface area contributed by atoms with Crippen LogP contribution < -0.4 is 15.5 Å². The second-order valence-corrected chi connectivity index (χ2v) is 4.87. The molecule has 0 fully saturated rings. The Morgan fingerprint density at radius 3 is 2.71 bits per heavy atom. The highest BCUT2D eigenvalue weighted by molar-refractivity contribution is 9.10. The van der Waals surface area contributed by atoms with Crippen LogP contribution in [0.3, 0.4) is 0 Å². The molecule has 94 valence electrons. The van der Waals surface area contributed by atoms with Gasteiger partial charge in [0.2, 0.25) is 5.91 Å². The summed E-state index contributed by atoms with van der Waals surface area (Å²) in [5.41, 5.74) is 1.82. The molecule has 0 aliphatic heterocycles. The van der Waals surface area contributed by atoms with Crippen molar-refractivity contribution in [3.05, 3.63) is 22.7 Å². The number of nitrogens with one attached hydrogen (secondary N) is 2. The number of anilines is 2. The van der Waals surface area contributed by atoms with Crippen molar-refractivity contribution >= 4 is 33.2 Å². The first-order valence-corrected chi connectivity index (χ1v) is 6.25. The molecular weight excluding hydrogens is 282 g/mol. The Labute approximate surface area is 111 Å². The van der Waals surface area contributed by atoms with Crippen LogP contribution in [0.25, 0.3) is 0 Å². The van der Waals surface area contributed by atoms with E-state index >= 15 is 0 Å². The fourth-order valence-corrected chi connectivity index (χ4v) is 1.81. The van der Waals surface area contributed by atoms with Crippen LogP contribution in [0, 0.1) is 0 Å². The van der Waals surface area contributed by atoms with E-state index in [-0.39, 0.29) is 5.91 Å². The van der Waals surface area contributed by atoms with Crippen molar-refractivity contribution in [2.75, 3.05) is 37.9 Å². The Balaban J connectivity index is 2.81. The van der Waals surface area contributed by atoms with Gasteiger partial charge in [-0.3, -0.25) is 4.79 Å². The van der Waals surface area contributed by atoms with Crippen LogP contribution in [0.1, 0.15) is 6.42 Å². The van der Waals surface area contributed by atoms with Crippen molar-refractivity contribution in [2.24, 2.45) is 0 Å². The summed E-state index contributed by atoms with van der Waals surface area (Å²) in [6.07, 6.45) is 0.468. The lowest BCUT2D eigenvalue weighted by molar-refractivity contribution is -0.116. The molecule has 0 bridgehead atoms. The zero-order chi connectivity index (χ0) is 12.8. The number of halogens is 1. The van der Waals surface area contributed by atoms with Crippen LogP contribution in [0.15, 0.2) is 22.7 Å². The predicted octanol–water partition coefficient (Wildman–Crippen LogP) is 2.06. The van der Waals surface area contributed by atoms with Crippen LogP contribution in [-0.2, 0) is 4.79 Å². The van der Waals surface area contributed by atoms with E-state index in [1.54, 1.807) is 0 Å². The van der Waals surface area contributed by atoms with Gasteiger partial charge in [-0.2, -0.15) is 0 Å². The van der Waals surface area contributed by atoms with Gasteiger partial charge < -0.3 is 15.5 Å². The molecule has 1 amide bonds. The quantitative estimate of drug-likeness (QED) is 0.875. The van der Waals surface area contributed by atoms with Gasteiger partial charge in [-0.15, -0.1) is 0 Å². The molecule has 0 saturated carbocycles. The summed E-state index contributed by atoms with van der Waals surface area (Å²) >= 11 is 3.41. The van der Waals surface area contributed by atoms with Gasteiger partial charge in [-0.25, -0.2) is 0 Å². The second-order valence-electron chi connectivity index (χ2n) is 3.96. The number of hydrogen-bond donors (Lipinski definition) is 2. The van der Waals surface area contributed by atoms with E-state index in [0.717, 1.165) is 15.8 Å². The minimum absolute atomic E-state index is 0.0144. The topological polar surface area (TPSA) is 44.4 Å². The summed E-state index contributed by atoms with van der Waals surface area (Å²) in [5, 5.41) is 5.87. The van der Waals surface area contributed by atoms with Crippen LogP contribution in [0.5, 0.6) is 0 Å². The molecule has 0 atom stereocenters. The van der Waals surface area contributed by atoms with E-state index in [1.807, 2.05) is 44.2 Å². The lowest BCUT2D eigenvalue weighted by atomic mass is 10.2. The molecule has 0 aliphatic rings. The summed E-state index contributed by atoms with van der Waals surface area (Å²) in [6, 6.07) is 5.84. The Hall–Kier alpha value is -1.07. The second kappa shape index (κ2) is 6.61. The third-order valence-corrected chi connectivity index (χ3v) is 2.81. The number of benzene rings is 1. The maximum Gasteiger partial charge on any atom is 0.225 e. The van der Waals surface area contributed by atoms with E-state index in [9.17, 15) is 4.79 Å². The monoisotopic (exact) mass is 299 g/mol. The van der Waals surface area contributed by atoms with Crippen molar-refractivity contribution in [1.29, 1.82) is 0 Å². The summed E-state index contributed by atoms with van der Waals surface area (Å²) in [7, 11) is 5.73. The van der Waals surface area contributed by atoms with E-state index in [2.05, 4.69) is 26.6 Å². The van der Waals surface area contributed by atoms with E-state index in [1.165, 1.54) is 0 Å². The maximum absolute atomic E-state index is 11.7. The van der Waals surface area contributed by atoms with Crippen LogP contribution in [-0.4, -0.2) is 33.6 Å². The van der Waals surface area contributed by atoms with Crippen molar-refractivity contribution in [3.8, 4) is 0 Å². The molecule has 2 N–H and O–H groups in total. The Morgan fingerprint density at radius 2 is 2.12 bits per heavy atom. The largest absolute Gasteiger partial charge is 0.376 e. The minimum atomic E-state index is 0.0144. The number of carbonyl (C=O) groups is 1. The van der Waals surface area contributed by atoms with Crippen molar-refractivity contribution < 1.29 is 4.79 Å². The molecule has 0 saturated heterocycles. The van der Waals surface area contributed by atoms with Crippen molar-refractivity contribution in [3.63, 3.8) is 0 Å². The van der Waals surface area contributed by atoms with E-state index < -0.39 is 0 Å². The fraction of sp³-hybridized carbons (Fsp3) is 0.417. The van der Waals surface area contributed by atoms with Crippen molar-refractivity contribution in [1.82, 2.24) is 5.32 Å². The number of rotatable bonds is 5. The van der Waals surface area contributed by atoms with Gasteiger partial charge >= 0.3 is 0 Å². The standard InChI is InChI=1S/C12H18BrN3O/c1-14-7-6-12(17)15-10-8-9(13)4-5-11(10)16(2)3/h4-5,8,14H,6-7H2,1-3H3,(H,15,17). The number of nitrogens with zero attached hydrogens (tertiary/aromatic N) is 1. The molecule has 4 nitrogen and oxygen atoms in total. The number of amides is 1. The third kappa shape index (κ3) is 4.36. The Kier molecular flexibility index (Phi) is 5.44. The SMILES string of the molecule is CNCCC(=O)Nc1cc(Br)ccc1N(C)C. The lowest BCUT2D eigenvalue weighted by Gasteiger charge is -2.18. The van der Waals surface area contributed by atoms with E-state index in [4.69, 9.17) is 0 Å². The molecule has 1 aromatic rings. The maximum atomic E-state index is 11.7. The van der Waals surface area contributed by atoms with Gasteiger partial charge in [0, 0.05) is 31.5 Å². The van der Waals surface area contributed by atoms with Gasteiger partial charge in [-0.1, -0.05) is 15.9 Å². The van der Waals surface area contributed by atoms with Gasteiger partial charge in [0.1, 0.15) is 0 Å². The first-order chi connectivity index (χ1) is 8.04. The van der Waals surface area contributed by atoms with Crippen LogP contribution in [0.4, 0.5) is 11.4 Å². The minimum Gasteiger partial charge on any atom is -0.376 e. The predicted molar refractivity (Wildman–Crippen MR) is 75.6 cm³/mol. The van der Waals surface area contributed by atoms with Gasteiger partial charge in [-0.05, 0) is 25.2 Å². The van der Waals surface area contributed by atoms with Gasteiger partial charge in [0.15, 0.2) is 0 Å². The lowest BCUT2D eigenvalue weighted by Crippen LogP contribution is -2.20. The van der Waals surface area contributed by atoms with Crippen LogP contribution in [0.2, 0.25) is 0 Å². The zero-order valence-electron chi connectivity index (χ0n) is 10.4. The first kappa shape index (κ1) is 14.0. The molecule has 5 heteroatoms. The fourth-order valence-electron chi connectivity index (χ4n) is 1.45. The summed E-state index contributed by atoms with van der Waals surface area (Å²) in [5.74, 6) is 0.0144. The normalized spacial score (nSPS) is 10.1. The number of carbonyl (C=O) groups excluding carboxylic acids is 1. The molecule has 0 spiro atoms. The Bertz CT molecular complexity index is 393. The molecule has 17 heavy (non-hydrogen) atoms. The molecule has 0 aliphatic carbocycles. The van der Waals surface area contributed by atoms with Gasteiger partial charge in [0.05, 0.1) is 11.4 Å². The zero-order valence-corrected chi connectivity index (χ0v) is 12.0. The summed E-state index contributed by atoms with van der Waals surface area (Å²) in [4.78, 5) is 13.6. The molecule has 0 heterocycles. The Morgan fingerprint density at radius 1 is 1.41 bits per heavy atom. The van der Waals surface area contributed by atoms with E-state index in [0.29, 0.717) is 13.0 Å². The first-order valence-electron chi connectivity index (χ1n) is 5.46. The molecule has 0 radical (unpaired) electrons. The average Bonchev–Trinajstić information content (AvgIpc) is 2.26. The molecule has 0 aromatic heterocycles. The highest BCUT2D eigenvalue weighted by atomic mass is 79.9. The molecule has 1 aromatic carbocycles. The summed E-state index contributed by atoms with van der Waals surface area (Å²) < 4.78 is 0.951. The molecule has 1 rings (SSSR count). The number of hydrogen-bond acceptors (Lipinski definition) is 3. The summed E-state index contributed by atoms with van der Waals surface area (Å²) in [6.45, 7) is 0.678. The van der Waals surface area contributed by atoms with Crippen molar-refractivity contribution in [2.45, 2.75) is 6.42 Å². The molecular formula is C12H18BrN3O.